The Morgan fingerprint density at radius 2 is 1.91 bits per heavy atom. The predicted molar refractivity (Wildman–Crippen MR) is 122 cm³/mol. The van der Waals surface area contributed by atoms with Crippen LogP contribution in [0, 0.1) is 11.6 Å². The van der Waals surface area contributed by atoms with Gasteiger partial charge in [-0.15, -0.1) is 0 Å². The van der Waals surface area contributed by atoms with Gasteiger partial charge >= 0.3 is 0 Å². The van der Waals surface area contributed by atoms with Gasteiger partial charge in [0.2, 0.25) is 0 Å². The smallest absolute Gasteiger partial charge is 0.254 e. The summed E-state index contributed by atoms with van der Waals surface area (Å²) in [6, 6.07) is 14.4. The third-order valence-electron chi connectivity index (χ3n) is 5.52. The van der Waals surface area contributed by atoms with Crippen LogP contribution in [0.3, 0.4) is 0 Å². The maximum absolute atomic E-state index is 13.6. The van der Waals surface area contributed by atoms with Gasteiger partial charge in [0.05, 0.1) is 23.3 Å². The first-order valence-electron chi connectivity index (χ1n) is 10.6. The summed E-state index contributed by atoms with van der Waals surface area (Å²) < 4.78 is 28.8. The number of nitrogens with one attached hydrogen (secondary N) is 1. The summed E-state index contributed by atoms with van der Waals surface area (Å²) in [5, 5.41) is 3.54. The normalized spacial score (nSPS) is 11.2. The number of benzene rings is 2. The molecule has 4 aromatic rings. The Balaban J connectivity index is 1.79. The molecule has 0 bridgehead atoms. The van der Waals surface area contributed by atoms with Gasteiger partial charge in [-0.05, 0) is 41.8 Å². The van der Waals surface area contributed by atoms with Crippen molar-refractivity contribution in [3.05, 3.63) is 101 Å². The molecule has 0 radical (unpaired) electrons. The SMILES string of the molecule is CC(C)c1c(C(=O)NCc2ccc(F)c(F)c2)c2ccc(C=O)cc2n1Cc1ccccn1. The molecule has 0 aliphatic heterocycles. The molecule has 5 nitrogen and oxygen atoms in total. The number of hydrogen-bond donors (Lipinski definition) is 1. The van der Waals surface area contributed by atoms with Gasteiger partial charge in [0, 0.05) is 29.4 Å². The van der Waals surface area contributed by atoms with Gasteiger partial charge in [-0.1, -0.05) is 38.1 Å². The van der Waals surface area contributed by atoms with Crippen LogP contribution < -0.4 is 5.32 Å². The fourth-order valence-electron chi connectivity index (χ4n) is 4.04. The third kappa shape index (κ3) is 4.53. The Morgan fingerprint density at radius 1 is 1.09 bits per heavy atom. The van der Waals surface area contributed by atoms with Crippen molar-refractivity contribution in [2.45, 2.75) is 32.9 Å². The van der Waals surface area contributed by atoms with Crippen LogP contribution in [0.15, 0.2) is 60.8 Å². The Labute approximate surface area is 190 Å². The number of carbonyl (C=O) groups excluding carboxylic acids is 2. The number of fused-ring (bicyclic) bond motifs is 1. The molecular formula is C26H23F2N3O2. The zero-order valence-corrected chi connectivity index (χ0v) is 18.3. The lowest BCUT2D eigenvalue weighted by Crippen LogP contribution is -2.24. The van der Waals surface area contributed by atoms with Crippen molar-refractivity contribution in [2.24, 2.45) is 0 Å². The number of aldehydes is 1. The predicted octanol–water partition coefficient (Wildman–Crippen LogP) is 5.23. The van der Waals surface area contributed by atoms with E-state index >= 15 is 0 Å². The van der Waals surface area contributed by atoms with E-state index in [9.17, 15) is 18.4 Å². The summed E-state index contributed by atoms with van der Waals surface area (Å²) in [5.74, 6) is -2.23. The van der Waals surface area contributed by atoms with Crippen LogP contribution in [0.2, 0.25) is 0 Å². The van der Waals surface area contributed by atoms with Crippen molar-refractivity contribution in [1.82, 2.24) is 14.9 Å². The van der Waals surface area contributed by atoms with E-state index in [1.807, 2.05) is 36.6 Å². The maximum Gasteiger partial charge on any atom is 0.254 e. The first kappa shape index (κ1) is 22.3. The number of nitrogens with zero attached hydrogens (tertiary/aromatic N) is 2. The Kier molecular flexibility index (Phi) is 6.31. The molecule has 33 heavy (non-hydrogen) atoms. The topological polar surface area (TPSA) is 64.0 Å². The molecule has 1 N–H and O–H groups in total. The molecular weight excluding hydrogens is 424 g/mol. The minimum absolute atomic E-state index is 0.00944. The fraction of sp³-hybridized carbons (Fsp3) is 0.192. The number of aromatic nitrogens is 2. The standard InChI is InChI=1S/C26H23F2N3O2/c1-16(2)25-24(26(33)30-13-17-7-9-21(27)22(28)11-17)20-8-6-18(15-32)12-23(20)31(25)14-19-5-3-4-10-29-19/h3-12,15-16H,13-14H2,1-2H3,(H,30,33). The molecule has 0 atom stereocenters. The van der Waals surface area contributed by atoms with E-state index in [0.717, 1.165) is 35.3 Å². The van der Waals surface area contributed by atoms with Crippen LogP contribution in [0.25, 0.3) is 10.9 Å². The van der Waals surface area contributed by atoms with Crippen LogP contribution in [-0.4, -0.2) is 21.7 Å². The minimum Gasteiger partial charge on any atom is -0.348 e. The van der Waals surface area contributed by atoms with Crippen molar-refractivity contribution < 1.29 is 18.4 Å². The lowest BCUT2D eigenvalue weighted by Gasteiger charge is -2.15. The maximum atomic E-state index is 13.6. The first-order chi connectivity index (χ1) is 15.9. The zero-order valence-electron chi connectivity index (χ0n) is 18.3. The van der Waals surface area contributed by atoms with Crippen molar-refractivity contribution in [3.63, 3.8) is 0 Å². The molecule has 0 aliphatic carbocycles. The van der Waals surface area contributed by atoms with E-state index < -0.39 is 11.6 Å². The quantitative estimate of drug-likeness (QED) is 0.395. The van der Waals surface area contributed by atoms with Crippen LogP contribution in [0.5, 0.6) is 0 Å². The van der Waals surface area contributed by atoms with Gasteiger partial charge in [0.25, 0.3) is 5.91 Å². The molecule has 0 fully saturated rings. The fourth-order valence-corrected chi connectivity index (χ4v) is 4.04. The van der Waals surface area contributed by atoms with E-state index in [0.29, 0.717) is 28.6 Å². The van der Waals surface area contributed by atoms with E-state index in [2.05, 4.69) is 10.3 Å². The lowest BCUT2D eigenvalue weighted by atomic mass is 10.0. The highest BCUT2D eigenvalue weighted by atomic mass is 19.2. The van der Waals surface area contributed by atoms with Gasteiger partial charge in [-0.3, -0.25) is 14.6 Å². The number of rotatable bonds is 7. The zero-order chi connectivity index (χ0) is 23.5. The van der Waals surface area contributed by atoms with Gasteiger partial charge in [0.1, 0.15) is 6.29 Å². The summed E-state index contributed by atoms with van der Waals surface area (Å²) in [7, 11) is 0. The molecule has 7 heteroatoms. The van der Waals surface area contributed by atoms with Crippen molar-refractivity contribution >= 4 is 23.1 Å². The highest BCUT2D eigenvalue weighted by molar-refractivity contribution is 6.09. The largest absolute Gasteiger partial charge is 0.348 e. The Morgan fingerprint density at radius 3 is 2.58 bits per heavy atom. The summed E-state index contributed by atoms with van der Waals surface area (Å²) in [6.45, 7) is 4.47. The monoisotopic (exact) mass is 447 g/mol. The van der Waals surface area contributed by atoms with Gasteiger partial charge in [-0.25, -0.2) is 8.78 Å². The average molecular weight is 447 g/mol. The van der Waals surface area contributed by atoms with E-state index in [1.54, 1.807) is 24.4 Å². The molecule has 168 valence electrons. The second-order valence-corrected chi connectivity index (χ2v) is 8.15. The van der Waals surface area contributed by atoms with E-state index in [1.165, 1.54) is 6.07 Å². The molecule has 2 aromatic heterocycles. The second kappa shape index (κ2) is 9.32. The highest BCUT2D eigenvalue weighted by Crippen LogP contribution is 2.32. The molecule has 1 amide bonds. The molecule has 4 rings (SSSR count). The van der Waals surface area contributed by atoms with Gasteiger partial charge < -0.3 is 9.88 Å². The summed E-state index contributed by atoms with van der Waals surface area (Å²) in [5.41, 5.74) is 3.84. The van der Waals surface area contributed by atoms with Crippen LogP contribution in [0.1, 0.15) is 57.4 Å². The molecule has 2 heterocycles. The number of hydrogen-bond acceptors (Lipinski definition) is 3. The van der Waals surface area contributed by atoms with Gasteiger partial charge in [0.15, 0.2) is 11.6 Å². The molecule has 2 aromatic carbocycles. The summed E-state index contributed by atoms with van der Waals surface area (Å²) in [6.07, 6.45) is 2.48. The molecule has 0 aliphatic rings. The number of pyridine rings is 1. The second-order valence-electron chi connectivity index (χ2n) is 8.15. The van der Waals surface area contributed by atoms with Gasteiger partial charge in [-0.2, -0.15) is 0 Å². The lowest BCUT2D eigenvalue weighted by molar-refractivity contribution is 0.0950. The summed E-state index contributed by atoms with van der Waals surface area (Å²) in [4.78, 5) is 29.2. The molecule has 0 saturated carbocycles. The number of halogens is 2. The van der Waals surface area contributed by atoms with E-state index in [4.69, 9.17) is 0 Å². The van der Waals surface area contributed by atoms with Crippen molar-refractivity contribution in [3.8, 4) is 0 Å². The average Bonchev–Trinajstić information content (AvgIpc) is 3.14. The third-order valence-corrected chi connectivity index (χ3v) is 5.52. The van der Waals surface area contributed by atoms with E-state index in [-0.39, 0.29) is 18.4 Å². The minimum atomic E-state index is -0.960. The Bertz CT molecular complexity index is 1330. The highest BCUT2D eigenvalue weighted by Gasteiger charge is 2.25. The Hall–Kier alpha value is -3.87. The van der Waals surface area contributed by atoms with Crippen LogP contribution in [-0.2, 0) is 13.1 Å². The molecule has 0 spiro atoms. The van der Waals surface area contributed by atoms with Crippen molar-refractivity contribution in [1.29, 1.82) is 0 Å². The summed E-state index contributed by atoms with van der Waals surface area (Å²) >= 11 is 0. The first-order valence-corrected chi connectivity index (χ1v) is 10.6. The van der Waals surface area contributed by atoms with Crippen molar-refractivity contribution in [2.75, 3.05) is 0 Å². The number of carbonyl (C=O) groups is 2. The molecule has 0 saturated heterocycles. The molecule has 0 unspecified atom stereocenters. The number of amides is 1. The van der Waals surface area contributed by atoms with Crippen LogP contribution >= 0.6 is 0 Å². The van der Waals surface area contributed by atoms with Crippen LogP contribution in [0.4, 0.5) is 8.78 Å².